The molecule has 9 heteroatoms. The average Bonchev–Trinajstić information content (AvgIpc) is 3.36. The zero-order valence-corrected chi connectivity index (χ0v) is 28.6. The Balaban J connectivity index is 1.81. The topological polar surface area (TPSA) is 132 Å². The van der Waals surface area contributed by atoms with E-state index in [4.69, 9.17) is 10.6 Å². The van der Waals surface area contributed by atoms with E-state index in [-0.39, 0.29) is 23.0 Å². The van der Waals surface area contributed by atoms with E-state index in [9.17, 15) is 14.7 Å². The molecule has 2 aromatic heterocycles. The molecule has 0 fully saturated rings. The van der Waals surface area contributed by atoms with Crippen molar-refractivity contribution < 1.29 is 19.4 Å². The second kappa shape index (κ2) is 16.8. The van der Waals surface area contributed by atoms with Crippen molar-refractivity contribution in [3.05, 3.63) is 71.5 Å². The number of aromatic hydroxyl groups is 1. The van der Waals surface area contributed by atoms with E-state index >= 15 is 0 Å². The molecule has 0 aliphatic heterocycles. The molecule has 0 radical (unpaired) electrons. The number of aryl methyl sites for hydroxylation is 1. The minimum absolute atomic E-state index is 0.129. The third kappa shape index (κ3) is 8.93. The maximum absolute atomic E-state index is 13.0. The van der Waals surface area contributed by atoms with Crippen molar-refractivity contribution in [1.82, 2.24) is 20.3 Å². The van der Waals surface area contributed by atoms with Crippen molar-refractivity contribution in [2.45, 2.75) is 84.9 Å². The third-order valence-electron chi connectivity index (χ3n) is 8.99. The van der Waals surface area contributed by atoms with Crippen molar-refractivity contribution in [2.75, 3.05) is 20.7 Å². The maximum Gasteiger partial charge on any atom is 0.150 e. The molecule has 9 nitrogen and oxygen atoms in total. The van der Waals surface area contributed by atoms with Crippen LogP contribution in [0, 0.1) is 5.41 Å². The van der Waals surface area contributed by atoms with Crippen LogP contribution in [-0.2, 0) is 40.3 Å². The van der Waals surface area contributed by atoms with Crippen molar-refractivity contribution >= 4 is 23.0 Å². The first-order valence-electron chi connectivity index (χ1n) is 16.6. The minimum atomic E-state index is -0.347. The fraction of sp³-hybridized carbons (Fsp3) is 0.447. The molecule has 4 rings (SSSR count). The van der Waals surface area contributed by atoms with E-state index in [2.05, 4.69) is 71.4 Å². The molecule has 1 atom stereocenters. The summed E-state index contributed by atoms with van der Waals surface area (Å²) in [7, 11) is 3.49. The molecule has 0 aliphatic rings. The van der Waals surface area contributed by atoms with E-state index in [1.165, 1.54) is 5.56 Å². The standard InChI is InChI=1S/C38H51N5O4/c1-6-43-35-14-13-27(28-19-26(20-29(45)22-28)21-33(40-4)36(46)12-7-8-17-42-39)23-31(35)32(24-38(2,3)15-10-18-44)37(43)30-11-9-16-41-34(30)25-47-5/h9,11,13-14,16,18-20,22-23,33,40,42,45H,6-8,10,12,15,17,21,24-25,39H2,1-5H3. The number of likely N-dealkylation sites (N-methyl/N-ethyl adjacent to an activating group) is 1. The van der Waals surface area contributed by atoms with Crippen LogP contribution >= 0.6 is 0 Å². The van der Waals surface area contributed by atoms with Gasteiger partial charge in [0.1, 0.15) is 17.8 Å². The summed E-state index contributed by atoms with van der Waals surface area (Å²) >= 11 is 0. The number of nitrogens with one attached hydrogen (secondary N) is 2. The van der Waals surface area contributed by atoms with Crippen LogP contribution < -0.4 is 16.6 Å². The van der Waals surface area contributed by atoms with Gasteiger partial charge in [-0.3, -0.25) is 21.0 Å². The normalized spacial score (nSPS) is 12.5. The number of ether oxygens (including phenoxy) is 1. The van der Waals surface area contributed by atoms with Gasteiger partial charge in [-0.25, -0.2) is 0 Å². The van der Waals surface area contributed by atoms with Crippen LogP contribution in [0.4, 0.5) is 0 Å². The molecule has 0 saturated heterocycles. The number of hydrogen-bond donors (Lipinski definition) is 4. The van der Waals surface area contributed by atoms with Gasteiger partial charge in [0.15, 0.2) is 0 Å². The van der Waals surface area contributed by atoms with Gasteiger partial charge >= 0.3 is 0 Å². The number of nitrogens with two attached hydrogens (primary N) is 1. The molecule has 0 aliphatic carbocycles. The zero-order valence-electron chi connectivity index (χ0n) is 28.6. The number of fused-ring (bicyclic) bond motifs is 1. The molecule has 4 aromatic rings. The van der Waals surface area contributed by atoms with Gasteiger partial charge in [0.05, 0.1) is 24.0 Å². The number of unbranched alkanes of at least 4 members (excludes halogenated alkanes) is 1. The van der Waals surface area contributed by atoms with Gasteiger partial charge in [0.2, 0.25) is 0 Å². The van der Waals surface area contributed by atoms with Crippen LogP contribution in [-0.4, -0.2) is 53.5 Å². The summed E-state index contributed by atoms with van der Waals surface area (Å²) in [6, 6.07) is 15.8. The second-order valence-corrected chi connectivity index (χ2v) is 13.1. The molecule has 2 aromatic carbocycles. The first-order chi connectivity index (χ1) is 22.7. The van der Waals surface area contributed by atoms with E-state index in [0.29, 0.717) is 32.4 Å². The molecule has 252 valence electrons. The molecule has 0 saturated carbocycles. The number of aldehydes is 1. The summed E-state index contributed by atoms with van der Waals surface area (Å²) in [5.74, 6) is 5.67. The number of carbonyl (C=O) groups excluding carboxylic acids is 2. The second-order valence-electron chi connectivity index (χ2n) is 13.1. The number of hydrazine groups is 1. The Hall–Kier alpha value is -3.89. The van der Waals surface area contributed by atoms with Gasteiger partial charge in [0.25, 0.3) is 0 Å². The average molecular weight is 642 g/mol. The smallest absolute Gasteiger partial charge is 0.150 e. The maximum atomic E-state index is 13.0. The summed E-state index contributed by atoms with van der Waals surface area (Å²) in [5, 5.41) is 15.1. The molecule has 5 N–H and O–H groups in total. The lowest BCUT2D eigenvalue weighted by molar-refractivity contribution is -0.121. The molecule has 0 spiro atoms. The lowest BCUT2D eigenvalue weighted by atomic mass is 9.80. The number of methoxy groups -OCH3 is 1. The van der Waals surface area contributed by atoms with Gasteiger partial charge in [-0.2, -0.15) is 0 Å². The Morgan fingerprint density at radius 2 is 1.96 bits per heavy atom. The van der Waals surface area contributed by atoms with Gasteiger partial charge in [0, 0.05) is 55.7 Å². The molecule has 47 heavy (non-hydrogen) atoms. The van der Waals surface area contributed by atoms with Crippen LogP contribution in [0.1, 0.15) is 69.7 Å². The Morgan fingerprint density at radius 1 is 1.15 bits per heavy atom. The van der Waals surface area contributed by atoms with E-state index in [1.807, 2.05) is 6.07 Å². The van der Waals surface area contributed by atoms with E-state index in [1.54, 1.807) is 32.5 Å². The number of aromatic nitrogens is 2. The van der Waals surface area contributed by atoms with Gasteiger partial charge in [-0.15, -0.1) is 0 Å². The number of rotatable bonds is 19. The summed E-state index contributed by atoms with van der Waals surface area (Å²) in [6.45, 7) is 8.42. The molecule has 1 unspecified atom stereocenters. The van der Waals surface area contributed by atoms with Crippen LogP contribution in [0.15, 0.2) is 54.7 Å². The van der Waals surface area contributed by atoms with Crippen molar-refractivity contribution in [2.24, 2.45) is 11.3 Å². The zero-order chi connectivity index (χ0) is 34.0. The predicted molar refractivity (Wildman–Crippen MR) is 189 cm³/mol. The molecule has 0 bridgehead atoms. The summed E-state index contributed by atoms with van der Waals surface area (Å²) in [6.07, 6.45) is 7.41. The number of nitrogens with zero attached hydrogens (tertiary/aromatic N) is 2. The number of benzene rings is 2. The number of phenols is 1. The lowest BCUT2D eigenvalue weighted by Crippen LogP contribution is -2.36. The first kappa shape index (κ1) is 36.0. The van der Waals surface area contributed by atoms with Crippen molar-refractivity contribution in [3.63, 3.8) is 0 Å². The molecule has 0 amide bonds. The van der Waals surface area contributed by atoms with E-state index < -0.39 is 0 Å². The number of ketones is 1. The summed E-state index contributed by atoms with van der Waals surface area (Å²) in [4.78, 5) is 29.0. The fourth-order valence-corrected chi connectivity index (χ4v) is 6.61. The number of phenolic OH excluding ortho intramolecular Hbond substituents is 1. The predicted octanol–water partition coefficient (Wildman–Crippen LogP) is 6.12. The van der Waals surface area contributed by atoms with Gasteiger partial charge < -0.3 is 24.5 Å². The highest BCUT2D eigenvalue weighted by molar-refractivity contribution is 5.95. The van der Waals surface area contributed by atoms with Crippen LogP contribution in [0.3, 0.4) is 0 Å². The first-order valence-corrected chi connectivity index (χ1v) is 16.6. The number of Topliss-reactive ketones (excluding diaryl/α,β-unsaturated/α-hetero) is 1. The highest BCUT2D eigenvalue weighted by atomic mass is 16.5. The fourth-order valence-electron chi connectivity index (χ4n) is 6.61. The largest absolute Gasteiger partial charge is 0.508 e. The van der Waals surface area contributed by atoms with Crippen LogP contribution in [0.25, 0.3) is 33.3 Å². The van der Waals surface area contributed by atoms with E-state index in [0.717, 1.165) is 83.1 Å². The minimum Gasteiger partial charge on any atom is -0.508 e. The summed E-state index contributed by atoms with van der Waals surface area (Å²) in [5.41, 5.74) is 10.6. The van der Waals surface area contributed by atoms with Crippen LogP contribution in [0.2, 0.25) is 0 Å². The Kier molecular flexibility index (Phi) is 12.8. The molecular weight excluding hydrogens is 590 g/mol. The van der Waals surface area contributed by atoms with Gasteiger partial charge in [-0.05, 0) is 110 Å². The molecular formula is C38H51N5O4. The SMILES string of the molecule is CCn1c(-c2cccnc2COC)c(CC(C)(C)CCC=O)c2cc(-c3cc(O)cc(CC(NC)C(=O)CCCCNN)c3)ccc21. The quantitative estimate of drug-likeness (QED) is 0.0417. The molecule has 2 heterocycles. The Bertz CT molecular complexity index is 1660. The van der Waals surface area contributed by atoms with Crippen molar-refractivity contribution in [1.29, 1.82) is 0 Å². The lowest BCUT2D eigenvalue weighted by Gasteiger charge is -2.25. The number of hydrogen-bond acceptors (Lipinski definition) is 8. The van der Waals surface area contributed by atoms with Crippen LogP contribution in [0.5, 0.6) is 5.75 Å². The number of carbonyl (C=O) groups is 2. The Labute approximate surface area is 278 Å². The summed E-state index contributed by atoms with van der Waals surface area (Å²) < 4.78 is 7.89. The third-order valence-corrected chi connectivity index (χ3v) is 8.99. The highest BCUT2D eigenvalue weighted by Crippen LogP contribution is 2.42. The highest BCUT2D eigenvalue weighted by Gasteiger charge is 2.27. The van der Waals surface area contributed by atoms with Crippen molar-refractivity contribution in [3.8, 4) is 28.1 Å². The monoisotopic (exact) mass is 641 g/mol. The van der Waals surface area contributed by atoms with Gasteiger partial charge in [-0.1, -0.05) is 26.0 Å². The Morgan fingerprint density at radius 3 is 2.66 bits per heavy atom. The number of pyridine rings is 1.